The van der Waals surface area contributed by atoms with Gasteiger partial charge < -0.3 is 0 Å². The van der Waals surface area contributed by atoms with E-state index in [1.54, 1.807) is 12.3 Å². The van der Waals surface area contributed by atoms with Crippen LogP contribution in [-0.2, 0) is 0 Å². The fourth-order valence-corrected chi connectivity index (χ4v) is 1.22. The molecule has 0 N–H and O–H groups in total. The van der Waals surface area contributed by atoms with Crippen molar-refractivity contribution in [3.05, 3.63) is 22.9 Å². The van der Waals surface area contributed by atoms with Crippen molar-refractivity contribution in [2.24, 2.45) is 0 Å². The summed E-state index contributed by atoms with van der Waals surface area (Å²) in [6.45, 7) is 0. The molecule has 4 heteroatoms. The molecule has 1 heterocycles. The van der Waals surface area contributed by atoms with Crippen molar-refractivity contribution < 1.29 is 3.89 Å². The van der Waals surface area contributed by atoms with E-state index in [1.807, 2.05) is 0 Å². The Morgan fingerprint density at radius 2 is 2.33 bits per heavy atom. The second kappa shape index (κ2) is 3.17. The first-order chi connectivity index (χ1) is 4.33. The Balaban J connectivity index is 2.94. The molecule has 0 aliphatic rings. The van der Waals surface area contributed by atoms with Crippen molar-refractivity contribution in [3.63, 3.8) is 0 Å². The van der Waals surface area contributed by atoms with Crippen molar-refractivity contribution >= 4 is 28.1 Å². The van der Waals surface area contributed by atoms with Gasteiger partial charge in [0.2, 0.25) is 0 Å². The van der Waals surface area contributed by atoms with Gasteiger partial charge in [-0.25, -0.2) is 0 Å². The number of rotatable bonds is 1. The van der Waals surface area contributed by atoms with Crippen molar-refractivity contribution in [3.8, 4) is 0 Å². The lowest BCUT2D eigenvalue weighted by Crippen LogP contribution is -1.71. The molecule has 1 aromatic heterocycles. The lowest BCUT2D eigenvalue weighted by atomic mass is 10.5. The van der Waals surface area contributed by atoms with Crippen LogP contribution in [0.15, 0.2) is 27.8 Å². The summed E-state index contributed by atoms with van der Waals surface area (Å²) in [7, 11) is 0. The molecule has 0 saturated heterocycles. The lowest BCUT2D eigenvalue weighted by Gasteiger charge is -1.89. The number of aromatic nitrogens is 1. The van der Waals surface area contributed by atoms with Gasteiger partial charge in [-0.05, 0) is 22.0 Å². The van der Waals surface area contributed by atoms with Crippen LogP contribution in [0.5, 0.6) is 0 Å². The summed E-state index contributed by atoms with van der Waals surface area (Å²) in [5, 5.41) is 0. The van der Waals surface area contributed by atoms with Crippen molar-refractivity contribution in [2.75, 3.05) is 0 Å². The van der Waals surface area contributed by atoms with Crippen LogP contribution in [0, 0.1) is 0 Å². The highest BCUT2D eigenvalue weighted by Gasteiger charge is 1.92. The summed E-state index contributed by atoms with van der Waals surface area (Å²) >= 11 is 3.35. The predicted molar refractivity (Wildman–Crippen MR) is 38.9 cm³/mol. The second-order valence-electron chi connectivity index (χ2n) is 1.42. The maximum Gasteiger partial charge on any atom is 0.0828 e. The second-order valence-corrected chi connectivity index (χ2v) is 2.96. The largest absolute Gasteiger partial charge is 0.262 e. The molecule has 0 bridgehead atoms. The average molecular weight is 208 g/mol. The zero-order valence-electron chi connectivity index (χ0n) is 4.34. The molecule has 0 radical (unpaired) electrons. The predicted octanol–water partition coefficient (Wildman–Crippen LogP) is 2.82. The molecule has 0 aliphatic heterocycles. The highest BCUT2D eigenvalue weighted by atomic mass is 79.9. The van der Waals surface area contributed by atoms with Gasteiger partial charge in [0.05, 0.1) is 17.0 Å². The van der Waals surface area contributed by atoms with Crippen LogP contribution in [0.1, 0.15) is 0 Å². The number of pyridine rings is 1. The highest BCUT2D eigenvalue weighted by molar-refractivity contribution is 9.10. The van der Waals surface area contributed by atoms with E-state index in [1.165, 1.54) is 6.20 Å². The van der Waals surface area contributed by atoms with Crippen LogP contribution in [0.25, 0.3) is 0 Å². The molecule has 0 atom stereocenters. The molecule has 0 aliphatic carbocycles. The van der Waals surface area contributed by atoms with Crippen molar-refractivity contribution in [1.82, 2.24) is 4.98 Å². The van der Waals surface area contributed by atoms with Crippen LogP contribution in [0.2, 0.25) is 0 Å². The fourth-order valence-electron chi connectivity index (χ4n) is 0.435. The molecule has 0 aromatic carbocycles. The van der Waals surface area contributed by atoms with Gasteiger partial charge in [0, 0.05) is 16.9 Å². The summed E-state index contributed by atoms with van der Waals surface area (Å²) in [4.78, 5) is 4.27. The minimum atomic E-state index is 0.190. The summed E-state index contributed by atoms with van der Waals surface area (Å²) in [5.41, 5.74) is 0. The monoisotopic (exact) mass is 207 g/mol. The normalized spacial score (nSPS) is 9.56. The van der Waals surface area contributed by atoms with E-state index >= 15 is 0 Å². The van der Waals surface area contributed by atoms with Crippen LogP contribution >= 0.6 is 28.1 Å². The minimum absolute atomic E-state index is 0.190. The standard InChI is InChI=1S/C5H3BrFNS/c6-4-1-5(9-7)3-8-2-4/h1-3H. The topological polar surface area (TPSA) is 12.9 Å². The zero-order valence-corrected chi connectivity index (χ0v) is 6.75. The van der Waals surface area contributed by atoms with E-state index in [4.69, 9.17) is 0 Å². The van der Waals surface area contributed by atoms with Gasteiger partial charge in [0.15, 0.2) is 0 Å². The third-order valence-electron chi connectivity index (χ3n) is 0.769. The van der Waals surface area contributed by atoms with E-state index in [0.29, 0.717) is 4.90 Å². The number of hydrogen-bond donors (Lipinski definition) is 0. The van der Waals surface area contributed by atoms with E-state index in [-0.39, 0.29) is 12.1 Å². The van der Waals surface area contributed by atoms with Crippen molar-refractivity contribution in [1.29, 1.82) is 0 Å². The molecule has 1 rings (SSSR count). The van der Waals surface area contributed by atoms with Crippen LogP contribution in [0.3, 0.4) is 0 Å². The molecule has 0 amide bonds. The molecule has 1 nitrogen and oxygen atoms in total. The first-order valence-corrected chi connectivity index (χ1v) is 3.73. The molecule has 0 saturated carbocycles. The zero-order chi connectivity index (χ0) is 6.69. The first kappa shape index (κ1) is 7.02. The van der Waals surface area contributed by atoms with E-state index in [9.17, 15) is 3.89 Å². The smallest absolute Gasteiger partial charge is 0.0828 e. The summed E-state index contributed by atoms with van der Waals surface area (Å²) in [6, 6.07) is 1.66. The third-order valence-corrected chi connectivity index (χ3v) is 1.60. The van der Waals surface area contributed by atoms with Crippen molar-refractivity contribution in [2.45, 2.75) is 4.90 Å². The highest BCUT2D eigenvalue weighted by Crippen LogP contribution is 2.20. The molecular weight excluding hydrogens is 205 g/mol. The summed E-state index contributed by atoms with van der Waals surface area (Å²) in [6.07, 6.45) is 3.08. The molecular formula is C5H3BrFNS. The maximum atomic E-state index is 11.8. The van der Waals surface area contributed by atoms with Crippen LogP contribution in [0.4, 0.5) is 3.89 Å². The fraction of sp³-hybridized carbons (Fsp3) is 0. The Kier molecular flexibility index (Phi) is 2.48. The molecule has 0 fully saturated rings. The quantitative estimate of drug-likeness (QED) is 0.703. The van der Waals surface area contributed by atoms with Gasteiger partial charge in [0.1, 0.15) is 0 Å². The molecule has 0 spiro atoms. The SMILES string of the molecule is FSc1cncc(Br)c1. The Labute approximate surface area is 65.1 Å². The first-order valence-electron chi connectivity index (χ1n) is 2.22. The van der Waals surface area contributed by atoms with E-state index < -0.39 is 0 Å². The van der Waals surface area contributed by atoms with Crippen LogP contribution < -0.4 is 0 Å². The molecule has 0 unspecified atom stereocenters. The van der Waals surface area contributed by atoms with Gasteiger partial charge in [0.25, 0.3) is 0 Å². The number of hydrogen-bond acceptors (Lipinski definition) is 2. The molecule has 9 heavy (non-hydrogen) atoms. The Bertz CT molecular complexity index is 206. The van der Waals surface area contributed by atoms with Gasteiger partial charge >= 0.3 is 0 Å². The summed E-state index contributed by atoms with van der Waals surface area (Å²) < 4.78 is 12.6. The number of nitrogens with zero attached hydrogens (tertiary/aromatic N) is 1. The van der Waals surface area contributed by atoms with Crippen LogP contribution in [-0.4, -0.2) is 4.98 Å². The average Bonchev–Trinajstić information content (AvgIpc) is 1.88. The Hall–Kier alpha value is -0.0900. The van der Waals surface area contributed by atoms with Gasteiger partial charge in [-0.2, -0.15) is 3.89 Å². The van der Waals surface area contributed by atoms with Gasteiger partial charge in [-0.1, -0.05) is 0 Å². The molecule has 48 valence electrons. The Morgan fingerprint density at radius 1 is 1.56 bits per heavy atom. The van der Waals surface area contributed by atoms with Gasteiger partial charge in [-0.3, -0.25) is 4.98 Å². The number of halogens is 2. The maximum absolute atomic E-state index is 11.8. The van der Waals surface area contributed by atoms with Gasteiger partial charge in [-0.15, -0.1) is 0 Å². The molecule has 1 aromatic rings. The minimum Gasteiger partial charge on any atom is -0.262 e. The lowest BCUT2D eigenvalue weighted by molar-refractivity contribution is 0.931. The summed E-state index contributed by atoms with van der Waals surface area (Å²) in [5.74, 6) is 0. The van der Waals surface area contributed by atoms with E-state index in [2.05, 4.69) is 20.9 Å². The van der Waals surface area contributed by atoms with E-state index in [0.717, 1.165) is 4.47 Å². The Morgan fingerprint density at radius 3 is 2.78 bits per heavy atom. The third kappa shape index (κ3) is 1.95.